The molecule has 21 heavy (non-hydrogen) atoms. The second kappa shape index (κ2) is 7.29. The molecule has 1 aromatic rings. The molecule has 0 saturated carbocycles. The molecule has 5 heteroatoms. The first kappa shape index (κ1) is 15.6. The van der Waals surface area contributed by atoms with Crippen LogP contribution in [0, 0.1) is 5.92 Å². The molecule has 0 aromatic carbocycles. The van der Waals surface area contributed by atoms with Crippen LogP contribution < -0.4 is 11.3 Å². The minimum Gasteiger partial charge on any atom is -0.398 e. The minimum atomic E-state index is -0.0738. The Kier molecular flexibility index (Phi) is 5.42. The molecule has 1 unspecified atom stereocenters. The number of aromatic nitrogens is 1. The summed E-state index contributed by atoms with van der Waals surface area (Å²) in [5.74, 6) is 0.879. The molecular formula is C16H25N3O2. The van der Waals surface area contributed by atoms with Gasteiger partial charge in [0, 0.05) is 44.0 Å². The SMILES string of the molecule is CCCC1CCC(=O)N(CCn2cc(N)ccc2=O)CC1. The number of carbonyl (C=O) groups excluding carboxylic acids is 1. The molecule has 1 aliphatic heterocycles. The van der Waals surface area contributed by atoms with Gasteiger partial charge in [-0.15, -0.1) is 0 Å². The first-order chi connectivity index (χ1) is 10.1. The Hall–Kier alpha value is -1.78. The van der Waals surface area contributed by atoms with Crippen LogP contribution in [0.3, 0.4) is 0 Å². The van der Waals surface area contributed by atoms with E-state index >= 15 is 0 Å². The van der Waals surface area contributed by atoms with Crippen molar-refractivity contribution in [2.75, 3.05) is 18.8 Å². The van der Waals surface area contributed by atoms with Crippen molar-refractivity contribution in [3.8, 4) is 0 Å². The van der Waals surface area contributed by atoms with Crippen molar-refractivity contribution in [2.45, 2.75) is 45.6 Å². The van der Waals surface area contributed by atoms with Gasteiger partial charge in [0.2, 0.25) is 5.91 Å². The van der Waals surface area contributed by atoms with Crippen molar-refractivity contribution in [1.82, 2.24) is 9.47 Å². The maximum Gasteiger partial charge on any atom is 0.250 e. The summed E-state index contributed by atoms with van der Waals surface area (Å²) in [6.07, 6.45) is 6.74. The monoisotopic (exact) mass is 291 g/mol. The normalized spacial score (nSPS) is 19.6. The van der Waals surface area contributed by atoms with Crippen LogP contribution in [0.2, 0.25) is 0 Å². The standard InChI is InChI=1S/C16H25N3O2/c1-2-3-13-4-6-15(20)18(9-8-13)10-11-19-12-14(17)5-7-16(19)21/h5,7,12-13H,2-4,6,8-11,17H2,1H3. The van der Waals surface area contributed by atoms with E-state index in [9.17, 15) is 9.59 Å². The van der Waals surface area contributed by atoms with Gasteiger partial charge in [0.15, 0.2) is 0 Å². The number of amides is 1. The fourth-order valence-corrected chi connectivity index (χ4v) is 2.98. The maximum atomic E-state index is 12.2. The Balaban J connectivity index is 1.94. The van der Waals surface area contributed by atoms with Gasteiger partial charge in [-0.2, -0.15) is 0 Å². The number of nitrogen functional groups attached to an aromatic ring is 1. The average Bonchev–Trinajstić information content (AvgIpc) is 2.63. The summed E-state index contributed by atoms with van der Waals surface area (Å²) < 4.78 is 1.58. The van der Waals surface area contributed by atoms with E-state index in [-0.39, 0.29) is 11.5 Å². The van der Waals surface area contributed by atoms with E-state index in [2.05, 4.69) is 6.92 Å². The molecule has 1 aliphatic rings. The topological polar surface area (TPSA) is 68.3 Å². The molecule has 1 fully saturated rings. The van der Waals surface area contributed by atoms with Gasteiger partial charge in [0.05, 0.1) is 0 Å². The summed E-state index contributed by atoms with van der Waals surface area (Å²) in [6, 6.07) is 3.07. The van der Waals surface area contributed by atoms with E-state index in [0.717, 1.165) is 19.4 Å². The highest BCUT2D eigenvalue weighted by Gasteiger charge is 2.21. The Labute approximate surface area is 125 Å². The Morgan fingerprint density at radius 3 is 2.81 bits per heavy atom. The highest BCUT2D eigenvalue weighted by atomic mass is 16.2. The van der Waals surface area contributed by atoms with E-state index < -0.39 is 0 Å². The third kappa shape index (κ3) is 4.34. The average molecular weight is 291 g/mol. The van der Waals surface area contributed by atoms with E-state index in [1.807, 2.05) is 4.90 Å². The van der Waals surface area contributed by atoms with Crippen molar-refractivity contribution in [1.29, 1.82) is 0 Å². The quantitative estimate of drug-likeness (QED) is 0.900. The molecule has 2 rings (SSSR count). The first-order valence-corrected chi connectivity index (χ1v) is 7.84. The Bertz CT molecular complexity index is 539. The van der Waals surface area contributed by atoms with Gasteiger partial charge in [-0.1, -0.05) is 19.8 Å². The molecule has 1 saturated heterocycles. The first-order valence-electron chi connectivity index (χ1n) is 7.84. The van der Waals surface area contributed by atoms with E-state index in [4.69, 9.17) is 5.73 Å². The lowest BCUT2D eigenvalue weighted by Gasteiger charge is -2.21. The largest absolute Gasteiger partial charge is 0.398 e. The third-order valence-corrected chi connectivity index (χ3v) is 4.24. The zero-order chi connectivity index (χ0) is 15.2. The number of anilines is 1. The molecule has 2 heterocycles. The van der Waals surface area contributed by atoms with Crippen LogP contribution in [0.25, 0.3) is 0 Å². The number of nitrogens with two attached hydrogens (primary N) is 1. The number of nitrogens with zero attached hydrogens (tertiary/aromatic N) is 2. The van der Waals surface area contributed by atoms with Crippen molar-refractivity contribution < 1.29 is 4.79 Å². The summed E-state index contributed by atoms with van der Waals surface area (Å²) in [7, 11) is 0. The molecule has 1 aromatic heterocycles. The molecule has 116 valence electrons. The molecule has 1 amide bonds. The number of pyridine rings is 1. The summed E-state index contributed by atoms with van der Waals surface area (Å²) >= 11 is 0. The fraction of sp³-hybridized carbons (Fsp3) is 0.625. The number of likely N-dealkylation sites (tertiary alicyclic amines) is 1. The van der Waals surface area contributed by atoms with Gasteiger partial charge < -0.3 is 15.2 Å². The molecule has 1 atom stereocenters. The Morgan fingerprint density at radius 1 is 1.24 bits per heavy atom. The smallest absolute Gasteiger partial charge is 0.250 e. The highest BCUT2D eigenvalue weighted by Crippen LogP contribution is 2.22. The second-order valence-corrected chi connectivity index (χ2v) is 5.86. The molecule has 0 spiro atoms. The summed E-state index contributed by atoms with van der Waals surface area (Å²) in [6.45, 7) is 4.09. The van der Waals surface area contributed by atoms with E-state index in [1.165, 1.54) is 18.9 Å². The lowest BCUT2D eigenvalue weighted by molar-refractivity contribution is -0.130. The van der Waals surface area contributed by atoms with E-state index in [0.29, 0.717) is 31.1 Å². The van der Waals surface area contributed by atoms with Gasteiger partial charge in [0.25, 0.3) is 5.56 Å². The van der Waals surface area contributed by atoms with Crippen molar-refractivity contribution in [3.05, 3.63) is 28.7 Å². The zero-order valence-corrected chi connectivity index (χ0v) is 12.8. The van der Waals surface area contributed by atoms with Gasteiger partial charge in [0.1, 0.15) is 0 Å². The van der Waals surface area contributed by atoms with Gasteiger partial charge in [-0.3, -0.25) is 9.59 Å². The number of hydrogen-bond acceptors (Lipinski definition) is 3. The summed E-state index contributed by atoms with van der Waals surface area (Å²) in [5.41, 5.74) is 6.20. The summed E-state index contributed by atoms with van der Waals surface area (Å²) in [4.78, 5) is 25.8. The number of rotatable bonds is 5. The van der Waals surface area contributed by atoms with Crippen LogP contribution in [-0.4, -0.2) is 28.5 Å². The van der Waals surface area contributed by atoms with Crippen LogP contribution in [-0.2, 0) is 11.3 Å². The minimum absolute atomic E-state index is 0.0738. The number of carbonyl (C=O) groups is 1. The van der Waals surface area contributed by atoms with Gasteiger partial charge in [-0.05, 0) is 24.8 Å². The molecule has 0 radical (unpaired) electrons. The predicted octanol–water partition coefficient (Wildman–Crippen LogP) is 1.86. The second-order valence-electron chi connectivity index (χ2n) is 5.86. The van der Waals surface area contributed by atoms with Gasteiger partial charge in [-0.25, -0.2) is 0 Å². The molecule has 0 bridgehead atoms. The number of hydrogen-bond donors (Lipinski definition) is 1. The predicted molar refractivity (Wildman–Crippen MR) is 83.9 cm³/mol. The molecule has 2 N–H and O–H groups in total. The third-order valence-electron chi connectivity index (χ3n) is 4.24. The Morgan fingerprint density at radius 2 is 2.05 bits per heavy atom. The zero-order valence-electron chi connectivity index (χ0n) is 12.8. The summed E-state index contributed by atoms with van der Waals surface area (Å²) in [5, 5.41) is 0. The van der Waals surface area contributed by atoms with Crippen LogP contribution in [0.1, 0.15) is 39.0 Å². The van der Waals surface area contributed by atoms with Gasteiger partial charge >= 0.3 is 0 Å². The molecule has 0 aliphatic carbocycles. The lowest BCUT2D eigenvalue weighted by Crippen LogP contribution is -2.35. The van der Waals surface area contributed by atoms with Crippen LogP contribution in [0.5, 0.6) is 0 Å². The van der Waals surface area contributed by atoms with Crippen molar-refractivity contribution in [3.63, 3.8) is 0 Å². The van der Waals surface area contributed by atoms with Crippen molar-refractivity contribution in [2.24, 2.45) is 5.92 Å². The lowest BCUT2D eigenvalue weighted by atomic mass is 9.96. The fourth-order valence-electron chi connectivity index (χ4n) is 2.98. The van der Waals surface area contributed by atoms with Crippen LogP contribution in [0.15, 0.2) is 23.1 Å². The van der Waals surface area contributed by atoms with Crippen LogP contribution >= 0.6 is 0 Å². The van der Waals surface area contributed by atoms with Crippen LogP contribution in [0.4, 0.5) is 5.69 Å². The van der Waals surface area contributed by atoms with Crippen molar-refractivity contribution >= 4 is 11.6 Å². The highest BCUT2D eigenvalue weighted by molar-refractivity contribution is 5.76. The van der Waals surface area contributed by atoms with E-state index in [1.54, 1.807) is 16.8 Å². The maximum absolute atomic E-state index is 12.2. The molecule has 5 nitrogen and oxygen atoms in total. The molecular weight excluding hydrogens is 266 g/mol.